The van der Waals surface area contributed by atoms with Crippen LogP contribution in [0.5, 0.6) is 0 Å². The van der Waals surface area contributed by atoms with Crippen LogP contribution < -0.4 is 11.1 Å². The second-order valence-electron chi connectivity index (χ2n) is 3.70. The first kappa shape index (κ1) is 9.36. The molecule has 2 amide bonds. The third kappa shape index (κ3) is 2.72. The highest BCUT2D eigenvalue weighted by Gasteiger charge is 2.20. The van der Waals surface area contributed by atoms with Gasteiger partial charge < -0.3 is 11.1 Å². The van der Waals surface area contributed by atoms with Crippen LogP contribution in [-0.4, -0.2) is 12.1 Å². The number of urea groups is 1. The van der Waals surface area contributed by atoms with Gasteiger partial charge in [-0.3, -0.25) is 0 Å². The molecule has 0 aromatic carbocycles. The van der Waals surface area contributed by atoms with Gasteiger partial charge in [-0.15, -0.1) is 0 Å². The van der Waals surface area contributed by atoms with E-state index in [2.05, 4.69) is 5.32 Å². The van der Waals surface area contributed by atoms with Crippen LogP contribution in [0.25, 0.3) is 0 Å². The molecule has 0 heterocycles. The van der Waals surface area contributed by atoms with Gasteiger partial charge in [-0.2, -0.15) is 0 Å². The SMILES string of the molecule is C[C@@H](NC(N)=O)C1CCCCC1. The lowest BCUT2D eigenvalue weighted by Gasteiger charge is -2.27. The Kier molecular flexibility index (Phi) is 3.38. The van der Waals surface area contributed by atoms with Crippen LogP contribution in [0.3, 0.4) is 0 Å². The van der Waals surface area contributed by atoms with Gasteiger partial charge in [0.25, 0.3) is 0 Å². The standard InChI is InChI=1S/C9H18N2O/c1-7(11-9(10)12)8-5-3-2-4-6-8/h7-8H,2-6H2,1H3,(H3,10,11,12)/t7-/m1/s1. The summed E-state index contributed by atoms with van der Waals surface area (Å²) in [6, 6.07) is -0.143. The van der Waals surface area contributed by atoms with E-state index in [0.29, 0.717) is 5.92 Å². The molecule has 1 rings (SSSR count). The van der Waals surface area contributed by atoms with Crippen molar-refractivity contribution in [3.05, 3.63) is 0 Å². The van der Waals surface area contributed by atoms with E-state index in [0.717, 1.165) is 0 Å². The number of hydrogen-bond acceptors (Lipinski definition) is 1. The maximum absolute atomic E-state index is 10.6. The fourth-order valence-corrected chi connectivity index (χ4v) is 1.98. The van der Waals surface area contributed by atoms with Crippen molar-refractivity contribution in [1.82, 2.24) is 5.32 Å². The van der Waals surface area contributed by atoms with E-state index in [4.69, 9.17) is 5.73 Å². The molecular weight excluding hydrogens is 152 g/mol. The molecule has 1 atom stereocenters. The first-order valence-corrected chi connectivity index (χ1v) is 4.76. The van der Waals surface area contributed by atoms with Gasteiger partial charge in [0.05, 0.1) is 0 Å². The van der Waals surface area contributed by atoms with Gasteiger partial charge in [0.15, 0.2) is 0 Å². The number of carbonyl (C=O) groups excluding carboxylic acids is 1. The van der Waals surface area contributed by atoms with Crippen LogP contribution in [0.4, 0.5) is 4.79 Å². The van der Waals surface area contributed by atoms with Crippen molar-refractivity contribution in [3.63, 3.8) is 0 Å². The average Bonchev–Trinajstić information content (AvgIpc) is 2.05. The van der Waals surface area contributed by atoms with Crippen molar-refractivity contribution < 1.29 is 4.79 Å². The molecule has 1 fully saturated rings. The van der Waals surface area contributed by atoms with E-state index >= 15 is 0 Å². The Morgan fingerprint density at radius 2 is 2.00 bits per heavy atom. The van der Waals surface area contributed by atoms with Crippen molar-refractivity contribution in [3.8, 4) is 0 Å². The highest BCUT2D eigenvalue weighted by molar-refractivity contribution is 5.71. The van der Waals surface area contributed by atoms with Gasteiger partial charge in [0.2, 0.25) is 0 Å². The summed E-state index contributed by atoms with van der Waals surface area (Å²) in [5, 5.41) is 2.75. The average molecular weight is 170 g/mol. The normalized spacial score (nSPS) is 21.8. The van der Waals surface area contributed by atoms with Gasteiger partial charge in [0, 0.05) is 6.04 Å². The smallest absolute Gasteiger partial charge is 0.312 e. The molecule has 0 aliphatic heterocycles. The van der Waals surface area contributed by atoms with E-state index in [9.17, 15) is 4.79 Å². The number of nitrogens with two attached hydrogens (primary N) is 1. The molecule has 3 nitrogen and oxygen atoms in total. The molecule has 70 valence electrons. The molecule has 12 heavy (non-hydrogen) atoms. The van der Waals surface area contributed by atoms with Gasteiger partial charge in [0.1, 0.15) is 0 Å². The van der Waals surface area contributed by atoms with Gasteiger partial charge in [-0.1, -0.05) is 19.3 Å². The van der Waals surface area contributed by atoms with Crippen molar-refractivity contribution >= 4 is 6.03 Å². The largest absolute Gasteiger partial charge is 0.352 e. The van der Waals surface area contributed by atoms with Crippen LogP contribution in [0.15, 0.2) is 0 Å². The minimum absolute atomic E-state index is 0.253. The Morgan fingerprint density at radius 1 is 1.42 bits per heavy atom. The summed E-state index contributed by atoms with van der Waals surface area (Å²) < 4.78 is 0. The van der Waals surface area contributed by atoms with Crippen LogP contribution >= 0.6 is 0 Å². The molecule has 0 spiro atoms. The predicted molar refractivity (Wildman–Crippen MR) is 48.8 cm³/mol. The third-order valence-corrected chi connectivity index (χ3v) is 2.73. The van der Waals surface area contributed by atoms with Crippen molar-refractivity contribution in [2.45, 2.75) is 45.1 Å². The number of rotatable bonds is 2. The fourth-order valence-electron chi connectivity index (χ4n) is 1.98. The van der Waals surface area contributed by atoms with Crippen LogP contribution in [0, 0.1) is 5.92 Å². The molecule has 1 aliphatic rings. The zero-order valence-electron chi connectivity index (χ0n) is 7.68. The second-order valence-corrected chi connectivity index (χ2v) is 3.70. The Morgan fingerprint density at radius 3 is 2.50 bits per heavy atom. The van der Waals surface area contributed by atoms with Crippen LogP contribution in [0.2, 0.25) is 0 Å². The van der Waals surface area contributed by atoms with E-state index in [1.807, 2.05) is 6.92 Å². The lowest BCUT2D eigenvalue weighted by Crippen LogP contribution is -2.41. The van der Waals surface area contributed by atoms with Crippen LogP contribution in [-0.2, 0) is 0 Å². The summed E-state index contributed by atoms with van der Waals surface area (Å²) in [6.45, 7) is 2.04. The third-order valence-electron chi connectivity index (χ3n) is 2.73. The maximum atomic E-state index is 10.6. The molecule has 0 unspecified atom stereocenters. The molecule has 0 aromatic rings. The van der Waals surface area contributed by atoms with E-state index < -0.39 is 6.03 Å². The minimum Gasteiger partial charge on any atom is -0.352 e. The van der Waals surface area contributed by atoms with Crippen molar-refractivity contribution in [2.75, 3.05) is 0 Å². The molecule has 0 aromatic heterocycles. The zero-order valence-corrected chi connectivity index (χ0v) is 7.68. The summed E-state index contributed by atoms with van der Waals surface area (Å²) in [6.07, 6.45) is 6.42. The Labute approximate surface area is 73.7 Å². The molecule has 0 radical (unpaired) electrons. The molecule has 0 bridgehead atoms. The predicted octanol–water partition coefficient (Wildman–Crippen LogP) is 1.62. The first-order chi connectivity index (χ1) is 5.70. The van der Waals surface area contributed by atoms with E-state index in [-0.39, 0.29) is 6.04 Å². The van der Waals surface area contributed by atoms with Gasteiger partial charge in [-0.25, -0.2) is 4.79 Å². The summed E-state index contributed by atoms with van der Waals surface area (Å²) in [5.41, 5.74) is 5.05. The molecule has 0 saturated heterocycles. The van der Waals surface area contributed by atoms with E-state index in [1.165, 1.54) is 32.1 Å². The molecule has 3 N–H and O–H groups in total. The quantitative estimate of drug-likeness (QED) is 0.650. The molecule has 3 heteroatoms. The second kappa shape index (κ2) is 4.33. The zero-order chi connectivity index (χ0) is 8.97. The number of carbonyl (C=O) groups is 1. The summed E-state index contributed by atoms with van der Waals surface area (Å²) >= 11 is 0. The Balaban J connectivity index is 2.29. The maximum Gasteiger partial charge on any atom is 0.312 e. The van der Waals surface area contributed by atoms with Crippen LogP contribution in [0.1, 0.15) is 39.0 Å². The monoisotopic (exact) mass is 170 g/mol. The summed E-state index contributed by atoms with van der Waals surface area (Å²) in [4.78, 5) is 10.6. The summed E-state index contributed by atoms with van der Waals surface area (Å²) in [7, 11) is 0. The van der Waals surface area contributed by atoms with Gasteiger partial charge >= 0.3 is 6.03 Å². The fraction of sp³-hybridized carbons (Fsp3) is 0.889. The summed E-state index contributed by atoms with van der Waals surface area (Å²) in [5.74, 6) is 0.645. The number of amides is 2. The number of nitrogens with one attached hydrogen (secondary N) is 1. The minimum atomic E-state index is -0.395. The van der Waals surface area contributed by atoms with Crippen molar-refractivity contribution in [2.24, 2.45) is 11.7 Å². The van der Waals surface area contributed by atoms with Crippen molar-refractivity contribution in [1.29, 1.82) is 0 Å². The highest BCUT2D eigenvalue weighted by atomic mass is 16.2. The molecule has 1 aliphatic carbocycles. The molecular formula is C9H18N2O. The Bertz CT molecular complexity index is 153. The number of hydrogen-bond donors (Lipinski definition) is 2. The molecule has 1 saturated carbocycles. The van der Waals surface area contributed by atoms with E-state index in [1.54, 1.807) is 0 Å². The topological polar surface area (TPSA) is 55.1 Å². The first-order valence-electron chi connectivity index (χ1n) is 4.76. The Hall–Kier alpha value is -0.730. The lowest BCUT2D eigenvalue weighted by atomic mass is 9.85. The highest BCUT2D eigenvalue weighted by Crippen LogP contribution is 2.26. The lowest BCUT2D eigenvalue weighted by molar-refractivity contribution is 0.232. The number of primary amides is 1. The van der Waals surface area contributed by atoms with Gasteiger partial charge in [-0.05, 0) is 25.7 Å².